The molecule has 1 fully saturated rings. The second-order valence-electron chi connectivity index (χ2n) is 4.88. The average Bonchev–Trinajstić information content (AvgIpc) is 2.53. The van der Waals surface area contributed by atoms with Gasteiger partial charge in [0.25, 0.3) is 0 Å². The summed E-state index contributed by atoms with van der Waals surface area (Å²) in [5.74, 6) is 2.37. The van der Waals surface area contributed by atoms with Gasteiger partial charge >= 0.3 is 0 Å². The van der Waals surface area contributed by atoms with Crippen LogP contribution in [0.25, 0.3) is 0 Å². The summed E-state index contributed by atoms with van der Waals surface area (Å²) in [6, 6.07) is 3.76. The molecular formula is C15H23NO4. The molecule has 2 N–H and O–H groups in total. The van der Waals surface area contributed by atoms with Gasteiger partial charge in [-0.15, -0.1) is 0 Å². The Kier molecular flexibility index (Phi) is 5.09. The fourth-order valence-electron chi connectivity index (χ4n) is 2.70. The van der Waals surface area contributed by atoms with E-state index in [2.05, 4.69) is 0 Å². The van der Waals surface area contributed by atoms with Crippen molar-refractivity contribution in [2.75, 3.05) is 34.5 Å². The molecule has 0 saturated carbocycles. The molecular weight excluding hydrogens is 258 g/mol. The summed E-state index contributed by atoms with van der Waals surface area (Å²) in [5.41, 5.74) is 6.84. The van der Waals surface area contributed by atoms with Crippen LogP contribution in [0.15, 0.2) is 12.1 Å². The lowest BCUT2D eigenvalue weighted by Crippen LogP contribution is -2.29. The summed E-state index contributed by atoms with van der Waals surface area (Å²) >= 11 is 0. The molecule has 0 aliphatic carbocycles. The maximum Gasteiger partial charge on any atom is 0.164 e. The Morgan fingerprint density at radius 1 is 1.10 bits per heavy atom. The molecule has 2 atom stereocenters. The maximum absolute atomic E-state index is 5.93. The molecule has 112 valence electrons. The van der Waals surface area contributed by atoms with Crippen molar-refractivity contribution in [2.45, 2.75) is 18.9 Å². The van der Waals surface area contributed by atoms with Gasteiger partial charge in [0.1, 0.15) is 5.75 Å². The van der Waals surface area contributed by atoms with E-state index < -0.39 is 0 Å². The van der Waals surface area contributed by atoms with Gasteiger partial charge in [0.15, 0.2) is 11.5 Å². The summed E-state index contributed by atoms with van der Waals surface area (Å²) in [6.45, 7) is 1.35. The zero-order valence-corrected chi connectivity index (χ0v) is 12.3. The molecule has 2 unspecified atom stereocenters. The first-order chi connectivity index (χ1) is 9.74. The molecule has 0 spiro atoms. The van der Waals surface area contributed by atoms with E-state index in [0.29, 0.717) is 24.0 Å². The predicted octanol–water partition coefficient (Wildman–Crippen LogP) is 2.14. The van der Waals surface area contributed by atoms with Crippen molar-refractivity contribution in [3.63, 3.8) is 0 Å². The minimum Gasteiger partial charge on any atom is -0.496 e. The van der Waals surface area contributed by atoms with Gasteiger partial charge in [-0.05, 0) is 25.5 Å². The summed E-state index contributed by atoms with van der Waals surface area (Å²) in [7, 11) is 4.87. The number of ether oxygens (including phenoxy) is 4. The molecule has 1 aliphatic heterocycles. The third kappa shape index (κ3) is 2.83. The summed E-state index contributed by atoms with van der Waals surface area (Å²) in [5, 5.41) is 0. The second-order valence-corrected chi connectivity index (χ2v) is 4.88. The number of methoxy groups -OCH3 is 3. The van der Waals surface area contributed by atoms with E-state index in [-0.39, 0.29) is 6.10 Å². The Morgan fingerprint density at radius 2 is 1.75 bits per heavy atom. The van der Waals surface area contributed by atoms with Crippen LogP contribution in [0.4, 0.5) is 0 Å². The first-order valence-corrected chi connectivity index (χ1v) is 6.86. The Hall–Kier alpha value is -1.46. The van der Waals surface area contributed by atoms with E-state index in [0.717, 1.165) is 30.8 Å². The Balaban J connectivity index is 2.42. The van der Waals surface area contributed by atoms with Gasteiger partial charge in [-0.25, -0.2) is 0 Å². The molecule has 0 bridgehead atoms. The Bertz CT molecular complexity index is 450. The van der Waals surface area contributed by atoms with E-state index in [4.69, 9.17) is 24.7 Å². The predicted molar refractivity (Wildman–Crippen MR) is 76.6 cm³/mol. The van der Waals surface area contributed by atoms with E-state index in [1.165, 1.54) is 0 Å². The number of benzene rings is 1. The van der Waals surface area contributed by atoms with E-state index >= 15 is 0 Å². The van der Waals surface area contributed by atoms with E-state index in [1.807, 2.05) is 12.1 Å². The highest BCUT2D eigenvalue weighted by Gasteiger charge is 2.30. The number of hydrogen-bond acceptors (Lipinski definition) is 5. The molecule has 0 aromatic heterocycles. The van der Waals surface area contributed by atoms with E-state index in [9.17, 15) is 0 Å². The lowest BCUT2D eigenvalue weighted by atomic mass is 9.89. The van der Waals surface area contributed by atoms with Crippen molar-refractivity contribution in [3.05, 3.63) is 17.7 Å². The molecule has 1 aromatic carbocycles. The normalized spacial score (nSPS) is 22.4. The van der Waals surface area contributed by atoms with Crippen LogP contribution in [0.3, 0.4) is 0 Å². The van der Waals surface area contributed by atoms with Crippen LogP contribution in [-0.2, 0) is 4.74 Å². The van der Waals surface area contributed by atoms with Crippen LogP contribution in [0.2, 0.25) is 0 Å². The molecule has 1 saturated heterocycles. The van der Waals surface area contributed by atoms with E-state index in [1.54, 1.807) is 21.3 Å². The third-order valence-corrected chi connectivity index (χ3v) is 3.79. The minimum absolute atomic E-state index is 0.0523. The summed E-state index contributed by atoms with van der Waals surface area (Å²) in [4.78, 5) is 0. The fraction of sp³-hybridized carbons (Fsp3) is 0.600. The average molecular weight is 281 g/mol. The summed E-state index contributed by atoms with van der Waals surface area (Å²) < 4.78 is 22.1. The van der Waals surface area contributed by atoms with Crippen molar-refractivity contribution in [2.24, 2.45) is 11.7 Å². The van der Waals surface area contributed by atoms with Gasteiger partial charge in [0, 0.05) is 24.2 Å². The zero-order valence-electron chi connectivity index (χ0n) is 12.3. The monoisotopic (exact) mass is 281 g/mol. The molecule has 1 heterocycles. The van der Waals surface area contributed by atoms with Crippen LogP contribution in [0.5, 0.6) is 17.2 Å². The molecule has 0 radical (unpaired) electrons. The molecule has 1 aliphatic rings. The lowest BCUT2D eigenvalue weighted by molar-refractivity contribution is -0.0264. The number of nitrogens with two attached hydrogens (primary N) is 1. The highest BCUT2D eigenvalue weighted by Crippen LogP contribution is 2.43. The Morgan fingerprint density at radius 3 is 2.35 bits per heavy atom. The quantitative estimate of drug-likeness (QED) is 0.896. The topological polar surface area (TPSA) is 62.9 Å². The number of hydrogen-bond donors (Lipinski definition) is 1. The standard InChI is InChI=1S/C15H23NO4/c1-17-12-8-14(19-3)13(18-2)7-11(12)15-10(9-16)5-4-6-20-15/h7-8,10,15H,4-6,9,16H2,1-3H3. The third-order valence-electron chi connectivity index (χ3n) is 3.79. The molecule has 2 rings (SSSR count). The van der Waals surface area contributed by atoms with Gasteiger partial charge < -0.3 is 24.7 Å². The zero-order chi connectivity index (χ0) is 14.5. The van der Waals surface area contributed by atoms with Gasteiger partial charge in [-0.1, -0.05) is 0 Å². The molecule has 20 heavy (non-hydrogen) atoms. The van der Waals surface area contributed by atoms with Crippen LogP contribution in [-0.4, -0.2) is 34.5 Å². The van der Waals surface area contributed by atoms with Crippen molar-refractivity contribution in [1.29, 1.82) is 0 Å². The Labute approximate surface area is 120 Å². The molecule has 1 aromatic rings. The van der Waals surface area contributed by atoms with Gasteiger partial charge in [0.2, 0.25) is 0 Å². The minimum atomic E-state index is -0.0523. The van der Waals surface area contributed by atoms with Crippen molar-refractivity contribution in [3.8, 4) is 17.2 Å². The molecule has 5 nitrogen and oxygen atoms in total. The second kappa shape index (κ2) is 6.81. The van der Waals surface area contributed by atoms with Crippen LogP contribution >= 0.6 is 0 Å². The lowest BCUT2D eigenvalue weighted by Gasteiger charge is -2.32. The molecule has 0 amide bonds. The number of rotatable bonds is 5. The highest BCUT2D eigenvalue weighted by atomic mass is 16.5. The highest BCUT2D eigenvalue weighted by molar-refractivity contribution is 5.51. The van der Waals surface area contributed by atoms with Gasteiger partial charge in [-0.3, -0.25) is 0 Å². The van der Waals surface area contributed by atoms with Gasteiger partial charge in [0.05, 0.1) is 27.4 Å². The largest absolute Gasteiger partial charge is 0.496 e. The van der Waals surface area contributed by atoms with Gasteiger partial charge in [-0.2, -0.15) is 0 Å². The SMILES string of the molecule is COc1cc(OC)c(C2OCCCC2CN)cc1OC. The van der Waals surface area contributed by atoms with Crippen molar-refractivity contribution < 1.29 is 18.9 Å². The smallest absolute Gasteiger partial charge is 0.164 e. The van der Waals surface area contributed by atoms with Crippen LogP contribution in [0.1, 0.15) is 24.5 Å². The molecule has 5 heteroatoms. The first-order valence-electron chi connectivity index (χ1n) is 6.86. The first kappa shape index (κ1) is 14.9. The van der Waals surface area contributed by atoms with Crippen molar-refractivity contribution >= 4 is 0 Å². The summed E-state index contributed by atoms with van der Waals surface area (Å²) in [6.07, 6.45) is 2.07. The maximum atomic E-state index is 5.93. The van der Waals surface area contributed by atoms with Crippen LogP contribution in [0, 0.1) is 5.92 Å². The van der Waals surface area contributed by atoms with Crippen molar-refractivity contribution in [1.82, 2.24) is 0 Å². The fourth-order valence-corrected chi connectivity index (χ4v) is 2.70. The van der Waals surface area contributed by atoms with Crippen LogP contribution < -0.4 is 19.9 Å².